The lowest BCUT2D eigenvalue weighted by Gasteiger charge is -2.12. The van der Waals surface area contributed by atoms with Crippen LogP contribution in [0.15, 0.2) is 30.3 Å². The predicted molar refractivity (Wildman–Crippen MR) is 89.2 cm³/mol. The first-order valence-corrected chi connectivity index (χ1v) is 7.88. The number of hydrogen-bond donors (Lipinski definition) is 0. The van der Waals surface area contributed by atoms with Crippen LogP contribution < -0.4 is 14.2 Å². The van der Waals surface area contributed by atoms with Crippen LogP contribution in [0.25, 0.3) is 0 Å². The second kappa shape index (κ2) is 6.97. The molecule has 0 atom stereocenters. The molecule has 2 aromatic rings. The molecule has 24 heavy (non-hydrogen) atoms. The van der Waals surface area contributed by atoms with Crippen molar-refractivity contribution in [2.24, 2.45) is 0 Å². The Labute approximate surface area is 144 Å². The Morgan fingerprint density at radius 3 is 2.83 bits per heavy atom. The number of benzene rings is 2. The molecule has 0 aromatic heterocycles. The molecule has 1 aliphatic heterocycles. The number of hydrogen-bond acceptors (Lipinski definition) is 5. The van der Waals surface area contributed by atoms with Crippen LogP contribution >= 0.6 is 11.6 Å². The maximum atomic E-state index is 11.1. The number of nitro benzene ring substituents is 1. The fourth-order valence-electron chi connectivity index (χ4n) is 2.42. The van der Waals surface area contributed by atoms with Crippen molar-refractivity contribution >= 4 is 17.3 Å². The Hall–Kier alpha value is -2.47. The van der Waals surface area contributed by atoms with Crippen LogP contribution in [-0.4, -0.2) is 18.1 Å². The third kappa shape index (κ3) is 3.54. The lowest BCUT2D eigenvalue weighted by atomic mass is 10.2. The summed E-state index contributed by atoms with van der Waals surface area (Å²) in [5, 5.41) is 11.5. The van der Waals surface area contributed by atoms with Gasteiger partial charge in [-0.3, -0.25) is 10.1 Å². The fourth-order valence-corrected chi connectivity index (χ4v) is 2.70. The van der Waals surface area contributed by atoms with Gasteiger partial charge in [-0.15, -0.1) is 0 Å². The van der Waals surface area contributed by atoms with Gasteiger partial charge in [0.15, 0.2) is 17.2 Å². The Balaban J connectivity index is 1.83. The molecule has 0 saturated carbocycles. The average Bonchev–Trinajstić information content (AvgIpc) is 2.78. The number of nitrogens with zero attached hydrogens (tertiary/aromatic N) is 1. The molecular formula is C17H16ClNO5. The van der Waals surface area contributed by atoms with Gasteiger partial charge in [-0.2, -0.15) is 0 Å². The smallest absolute Gasteiger partial charge is 0.310 e. The third-order valence-electron chi connectivity index (χ3n) is 3.57. The van der Waals surface area contributed by atoms with Crippen LogP contribution in [0, 0.1) is 17.0 Å². The van der Waals surface area contributed by atoms with Crippen molar-refractivity contribution in [1.29, 1.82) is 0 Å². The third-order valence-corrected chi connectivity index (χ3v) is 3.85. The number of aryl methyl sites for hydroxylation is 1. The minimum atomic E-state index is -0.463. The predicted octanol–water partition coefficient (Wildman–Crippen LogP) is 4.30. The van der Waals surface area contributed by atoms with Gasteiger partial charge in [-0.05, 0) is 36.2 Å². The highest BCUT2D eigenvalue weighted by molar-refractivity contribution is 6.32. The first-order chi connectivity index (χ1) is 11.5. The molecular weight excluding hydrogens is 334 g/mol. The van der Waals surface area contributed by atoms with E-state index in [4.69, 9.17) is 25.8 Å². The Morgan fingerprint density at radius 2 is 2.04 bits per heavy atom. The fraction of sp³-hybridized carbons (Fsp3) is 0.294. The lowest BCUT2D eigenvalue weighted by Crippen LogP contribution is -2.01. The molecule has 0 radical (unpaired) electrons. The normalized spacial score (nSPS) is 13.2. The highest BCUT2D eigenvalue weighted by atomic mass is 35.5. The van der Waals surface area contributed by atoms with Crippen molar-refractivity contribution in [2.75, 3.05) is 13.2 Å². The molecule has 0 N–H and O–H groups in total. The number of halogens is 1. The monoisotopic (exact) mass is 349 g/mol. The molecule has 1 aliphatic rings. The molecule has 126 valence electrons. The summed E-state index contributed by atoms with van der Waals surface area (Å²) in [5.74, 6) is 1.32. The summed E-state index contributed by atoms with van der Waals surface area (Å²) in [7, 11) is 0. The first kappa shape index (κ1) is 16.4. The van der Waals surface area contributed by atoms with Crippen molar-refractivity contribution in [2.45, 2.75) is 20.0 Å². The molecule has 0 spiro atoms. The minimum absolute atomic E-state index is 0.0685. The number of rotatable bonds is 4. The molecule has 0 amide bonds. The quantitative estimate of drug-likeness (QED) is 0.608. The molecule has 0 saturated heterocycles. The van der Waals surface area contributed by atoms with Gasteiger partial charge in [0, 0.05) is 12.5 Å². The van der Waals surface area contributed by atoms with E-state index in [1.165, 1.54) is 6.07 Å². The molecule has 1 heterocycles. The molecule has 0 aliphatic carbocycles. The summed E-state index contributed by atoms with van der Waals surface area (Å²) in [6.07, 6.45) is 0.784. The summed E-state index contributed by atoms with van der Waals surface area (Å²) >= 11 is 6.24. The standard InChI is InChI=1S/C17H16ClNO5/c1-11-3-4-14(19(20)21)15(7-11)24-10-12-8-13(18)17-16(9-12)22-5-2-6-23-17/h3-4,7-9H,2,5-6,10H2,1H3. The maximum Gasteiger partial charge on any atom is 0.310 e. The van der Waals surface area contributed by atoms with E-state index >= 15 is 0 Å². The molecule has 6 nitrogen and oxygen atoms in total. The Bertz CT molecular complexity index is 778. The number of ether oxygens (including phenoxy) is 3. The first-order valence-electron chi connectivity index (χ1n) is 7.50. The van der Waals surface area contributed by atoms with Crippen LogP contribution in [0.1, 0.15) is 17.5 Å². The SMILES string of the molecule is Cc1ccc([N+](=O)[O-])c(OCc2cc(Cl)c3c(c2)OCCCO3)c1. The van der Waals surface area contributed by atoms with Crippen molar-refractivity contribution in [3.63, 3.8) is 0 Å². The molecule has 7 heteroatoms. The number of fused-ring (bicyclic) bond motifs is 1. The van der Waals surface area contributed by atoms with Gasteiger partial charge in [0.1, 0.15) is 6.61 Å². The van der Waals surface area contributed by atoms with Crippen molar-refractivity contribution in [3.8, 4) is 17.2 Å². The van der Waals surface area contributed by atoms with Crippen molar-refractivity contribution < 1.29 is 19.1 Å². The topological polar surface area (TPSA) is 70.8 Å². The zero-order valence-corrected chi connectivity index (χ0v) is 13.8. The molecule has 3 rings (SSSR count). The van der Waals surface area contributed by atoms with Gasteiger partial charge in [-0.25, -0.2) is 0 Å². The molecule has 0 fully saturated rings. The van der Waals surface area contributed by atoms with Gasteiger partial charge in [-0.1, -0.05) is 17.7 Å². The molecule has 0 unspecified atom stereocenters. The zero-order chi connectivity index (χ0) is 17.1. The van der Waals surface area contributed by atoms with E-state index in [-0.39, 0.29) is 18.0 Å². The van der Waals surface area contributed by atoms with E-state index in [2.05, 4.69) is 0 Å². The van der Waals surface area contributed by atoms with E-state index in [9.17, 15) is 10.1 Å². The summed E-state index contributed by atoms with van der Waals surface area (Å²) in [4.78, 5) is 10.6. The van der Waals surface area contributed by atoms with E-state index in [0.29, 0.717) is 29.7 Å². The largest absolute Gasteiger partial charge is 0.489 e. The van der Waals surface area contributed by atoms with Crippen LogP contribution in [0.3, 0.4) is 0 Å². The summed E-state index contributed by atoms with van der Waals surface area (Å²) in [6.45, 7) is 3.09. The summed E-state index contributed by atoms with van der Waals surface area (Å²) in [6, 6.07) is 8.26. The maximum absolute atomic E-state index is 11.1. The Morgan fingerprint density at radius 1 is 1.25 bits per heavy atom. The molecule has 0 bridgehead atoms. The van der Waals surface area contributed by atoms with Gasteiger partial charge < -0.3 is 14.2 Å². The molecule has 2 aromatic carbocycles. The van der Waals surface area contributed by atoms with Crippen LogP contribution in [0.5, 0.6) is 17.2 Å². The van der Waals surface area contributed by atoms with E-state index in [1.54, 1.807) is 24.3 Å². The van der Waals surface area contributed by atoms with Crippen LogP contribution in [0.4, 0.5) is 5.69 Å². The van der Waals surface area contributed by atoms with Crippen molar-refractivity contribution in [3.05, 3.63) is 56.6 Å². The van der Waals surface area contributed by atoms with Gasteiger partial charge >= 0.3 is 5.69 Å². The highest BCUT2D eigenvalue weighted by Gasteiger charge is 2.18. The van der Waals surface area contributed by atoms with Crippen molar-refractivity contribution in [1.82, 2.24) is 0 Å². The second-order valence-corrected chi connectivity index (χ2v) is 5.88. The number of nitro groups is 1. The van der Waals surface area contributed by atoms with E-state index in [1.807, 2.05) is 6.92 Å². The van der Waals surface area contributed by atoms with Crippen LogP contribution in [-0.2, 0) is 6.61 Å². The van der Waals surface area contributed by atoms with Gasteiger partial charge in [0.25, 0.3) is 0 Å². The van der Waals surface area contributed by atoms with E-state index < -0.39 is 4.92 Å². The highest BCUT2D eigenvalue weighted by Crippen LogP contribution is 2.38. The van der Waals surface area contributed by atoms with Crippen LogP contribution in [0.2, 0.25) is 5.02 Å². The zero-order valence-electron chi connectivity index (χ0n) is 13.1. The summed E-state index contributed by atoms with van der Waals surface area (Å²) < 4.78 is 16.9. The summed E-state index contributed by atoms with van der Waals surface area (Å²) in [5.41, 5.74) is 1.56. The average molecular weight is 350 g/mol. The lowest BCUT2D eigenvalue weighted by molar-refractivity contribution is -0.386. The second-order valence-electron chi connectivity index (χ2n) is 5.47. The van der Waals surface area contributed by atoms with Gasteiger partial charge in [0.2, 0.25) is 0 Å². The minimum Gasteiger partial charge on any atom is -0.489 e. The van der Waals surface area contributed by atoms with Gasteiger partial charge in [0.05, 0.1) is 23.2 Å². The Kier molecular flexibility index (Phi) is 4.76. The van der Waals surface area contributed by atoms with E-state index in [0.717, 1.165) is 17.5 Å².